The molecule has 6 heteroatoms. The van der Waals surface area contributed by atoms with E-state index >= 15 is 0 Å². The first-order valence-corrected chi connectivity index (χ1v) is 19.6. The van der Waals surface area contributed by atoms with E-state index in [1.807, 2.05) is 12.3 Å². The topological polar surface area (TPSA) is 32.6 Å². The van der Waals surface area contributed by atoms with Crippen LogP contribution in [-0.4, -0.2) is 25.4 Å². The van der Waals surface area contributed by atoms with E-state index in [2.05, 4.69) is 56.0 Å². The molecule has 0 saturated heterocycles. The fraction of sp³-hybridized carbons (Fsp3) is 0.409. The Kier molecular flexibility index (Phi) is 9.97. The molecule has 0 radical (unpaired) electrons. The van der Waals surface area contributed by atoms with Crippen LogP contribution in [0.1, 0.15) is 37.7 Å². The maximum absolute atomic E-state index is 10.9. The van der Waals surface area contributed by atoms with Crippen LogP contribution in [0.15, 0.2) is 47.5 Å². The van der Waals surface area contributed by atoms with Gasteiger partial charge in [0.05, 0.1) is 8.07 Å². The Morgan fingerprint density at radius 2 is 1.61 bits per heavy atom. The molecule has 0 atom stereocenters. The normalized spacial score (nSPS) is 15.2. The van der Waals surface area contributed by atoms with Crippen molar-refractivity contribution in [2.75, 3.05) is 0 Å². The number of nitrogens with zero attached hydrogens (tertiary/aromatic N) is 1. The molecule has 0 amide bonds. The Morgan fingerprint density at radius 1 is 1.00 bits per heavy atom. The van der Waals surface area contributed by atoms with Crippen molar-refractivity contribution < 1.29 is 26.0 Å². The fourth-order valence-electron chi connectivity index (χ4n) is 3.54. The molecule has 0 bridgehead atoms. The maximum atomic E-state index is 10.9. The summed E-state index contributed by atoms with van der Waals surface area (Å²) >= 11 is -0.826. The van der Waals surface area contributed by atoms with E-state index in [1.165, 1.54) is 43.2 Å². The molecule has 1 fully saturated rings. The Labute approximate surface area is 189 Å². The number of phenolic OH excluding ortho intramolecular Hbond substituents is 1. The third-order valence-electron chi connectivity index (χ3n) is 5.05. The zero-order valence-electron chi connectivity index (χ0n) is 16.9. The van der Waals surface area contributed by atoms with Crippen molar-refractivity contribution in [3.05, 3.63) is 48.0 Å². The SMILES string of the molecule is C[Si](C)(C)c1cc(-c2ccccc2)cc(C=NC2CCCCC2)c1O.[Cl][Zr][Cl]. The molecule has 150 valence electrons. The summed E-state index contributed by atoms with van der Waals surface area (Å²) in [6.45, 7) is 6.83. The summed E-state index contributed by atoms with van der Waals surface area (Å²) in [6, 6.07) is 15.1. The standard InChI is InChI=1S/C22H29NOSi.2ClH.Zr/c1-25(2,3)21-15-18(17-10-6-4-7-11-17)14-19(22(21)24)16-23-20-12-8-5-9-13-20;;;/h4,6-7,10-11,14-16,20,24H,5,8-9,12-13H2,1-3H3;2*1H;/q;;;+2/p-2. The minimum absolute atomic E-state index is 0.420. The number of halogens is 2. The number of hydrogen-bond donors (Lipinski definition) is 1. The fourth-order valence-corrected chi connectivity index (χ4v) is 4.98. The Balaban J connectivity index is 0.000000878. The Morgan fingerprint density at radius 3 is 2.18 bits per heavy atom. The van der Waals surface area contributed by atoms with Crippen molar-refractivity contribution >= 4 is 36.5 Å². The first-order chi connectivity index (χ1) is 13.4. The van der Waals surface area contributed by atoms with Gasteiger partial charge in [-0.3, -0.25) is 4.99 Å². The molecular weight excluding hydrogens is 484 g/mol. The van der Waals surface area contributed by atoms with Gasteiger partial charge in [-0.25, -0.2) is 0 Å². The van der Waals surface area contributed by atoms with Gasteiger partial charge in [0.15, 0.2) is 0 Å². The van der Waals surface area contributed by atoms with Crippen LogP contribution >= 0.6 is 17.0 Å². The molecule has 0 unspecified atom stereocenters. The molecular formula is C22H29Cl2NOSiZr. The molecule has 28 heavy (non-hydrogen) atoms. The molecule has 1 saturated carbocycles. The van der Waals surface area contributed by atoms with Crippen LogP contribution in [0.25, 0.3) is 11.1 Å². The third-order valence-corrected chi connectivity index (χ3v) is 7.05. The first kappa shape index (κ1) is 23.9. The average Bonchev–Trinajstić information content (AvgIpc) is 2.68. The van der Waals surface area contributed by atoms with Crippen LogP contribution < -0.4 is 5.19 Å². The molecule has 1 aliphatic carbocycles. The molecule has 2 nitrogen and oxygen atoms in total. The van der Waals surface area contributed by atoms with Gasteiger partial charge >= 0.3 is 37.9 Å². The average molecular weight is 514 g/mol. The number of aromatic hydroxyl groups is 1. The van der Waals surface area contributed by atoms with E-state index in [-0.39, 0.29) is 0 Å². The second-order valence-electron chi connectivity index (χ2n) is 8.22. The van der Waals surface area contributed by atoms with Gasteiger partial charge in [-0.1, -0.05) is 75.3 Å². The van der Waals surface area contributed by atoms with Crippen molar-refractivity contribution in [1.82, 2.24) is 0 Å². The van der Waals surface area contributed by atoms with Gasteiger partial charge in [-0.05, 0) is 35.2 Å². The van der Waals surface area contributed by atoms with Gasteiger partial charge in [-0.15, -0.1) is 0 Å². The summed E-state index contributed by atoms with van der Waals surface area (Å²) in [5.41, 5.74) is 3.22. The quantitative estimate of drug-likeness (QED) is 0.357. The van der Waals surface area contributed by atoms with Gasteiger partial charge in [0.25, 0.3) is 0 Å². The molecule has 2 aromatic carbocycles. The van der Waals surface area contributed by atoms with Crippen molar-refractivity contribution in [1.29, 1.82) is 0 Å². The number of hydrogen-bond acceptors (Lipinski definition) is 2. The monoisotopic (exact) mass is 511 g/mol. The van der Waals surface area contributed by atoms with Crippen LogP contribution in [0.3, 0.4) is 0 Å². The predicted octanol–water partition coefficient (Wildman–Crippen LogP) is 6.73. The van der Waals surface area contributed by atoms with Gasteiger partial charge < -0.3 is 5.11 Å². The second kappa shape index (κ2) is 11.7. The predicted molar refractivity (Wildman–Crippen MR) is 123 cm³/mol. The molecule has 0 heterocycles. The van der Waals surface area contributed by atoms with Gasteiger partial charge in [0.1, 0.15) is 5.75 Å². The van der Waals surface area contributed by atoms with Crippen molar-refractivity contribution in [3.8, 4) is 16.9 Å². The summed E-state index contributed by atoms with van der Waals surface area (Å²) in [5, 5.41) is 12.0. The number of phenols is 1. The van der Waals surface area contributed by atoms with Crippen molar-refractivity contribution in [2.45, 2.75) is 57.8 Å². The van der Waals surface area contributed by atoms with E-state index in [1.54, 1.807) is 0 Å². The summed E-state index contributed by atoms with van der Waals surface area (Å²) in [5.74, 6) is 0.429. The van der Waals surface area contributed by atoms with Gasteiger partial charge in [0.2, 0.25) is 0 Å². The van der Waals surface area contributed by atoms with Crippen LogP contribution in [0, 0.1) is 0 Å². The number of aliphatic imine (C=N–C) groups is 1. The van der Waals surface area contributed by atoms with E-state index in [4.69, 9.17) is 22.0 Å². The number of benzene rings is 2. The number of rotatable bonds is 4. The molecule has 2 aromatic rings. The van der Waals surface area contributed by atoms with Crippen LogP contribution in [0.2, 0.25) is 19.6 Å². The minimum atomic E-state index is -1.65. The molecule has 1 aliphatic rings. The zero-order valence-corrected chi connectivity index (χ0v) is 21.9. The van der Waals surface area contributed by atoms with E-state index in [9.17, 15) is 5.11 Å². The van der Waals surface area contributed by atoms with Crippen LogP contribution in [0.4, 0.5) is 0 Å². The van der Waals surface area contributed by atoms with Crippen LogP contribution in [0.5, 0.6) is 5.75 Å². The van der Waals surface area contributed by atoms with Crippen molar-refractivity contribution in [2.24, 2.45) is 4.99 Å². The second-order valence-corrected chi connectivity index (χ2v) is 17.0. The van der Waals surface area contributed by atoms with E-state index < -0.39 is 28.9 Å². The van der Waals surface area contributed by atoms with E-state index in [0.717, 1.165) is 10.8 Å². The Bertz CT molecular complexity index is 772. The zero-order chi connectivity index (χ0) is 20.6. The summed E-state index contributed by atoms with van der Waals surface area (Å²) in [7, 11) is 8.21. The molecule has 0 spiro atoms. The molecule has 0 aliphatic heterocycles. The van der Waals surface area contributed by atoms with Gasteiger partial charge in [-0.2, -0.15) is 0 Å². The summed E-state index contributed by atoms with van der Waals surface area (Å²) < 4.78 is 0. The van der Waals surface area contributed by atoms with E-state index in [0.29, 0.717) is 11.8 Å². The van der Waals surface area contributed by atoms with Crippen LogP contribution in [-0.2, 0) is 20.8 Å². The molecule has 1 N–H and O–H groups in total. The third kappa shape index (κ3) is 7.13. The van der Waals surface area contributed by atoms with Gasteiger partial charge in [0, 0.05) is 17.8 Å². The Hall–Kier alpha value is -0.410. The first-order valence-electron chi connectivity index (χ1n) is 9.79. The molecule has 3 rings (SSSR count). The summed E-state index contributed by atoms with van der Waals surface area (Å²) in [4.78, 5) is 4.80. The summed E-state index contributed by atoms with van der Waals surface area (Å²) in [6.07, 6.45) is 8.16. The van der Waals surface area contributed by atoms with Crippen molar-refractivity contribution in [3.63, 3.8) is 0 Å². The molecule has 0 aromatic heterocycles.